The summed E-state index contributed by atoms with van der Waals surface area (Å²) in [6.45, 7) is 4.23. The largest absolute Gasteiger partial charge is 0.490 e. The maximum absolute atomic E-state index is 14.2. The van der Waals surface area contributed by atoms with Crippen LogP contribution in [0.5, 0.6) is 5.75 Å². The highest BCUT2D eigenvalue weighted by Crippen LogP contribution is 2.46. The Morgan fingerprint density at radius 1 is 1.21 bits per heavy atom. The van der Waals surface area contributed by atoms with Crippen molar-refractivity contribution < 1.29 is 19.2 Å². The number of nitrogens with zero attached hydrogens (tertiary/aromatic N) is 4. The number of amidine groups is 1. The van der Waals surface area contributed by atoms with E-state index in [1.807, 2.05) is 42.8 Å². The Bertz CT molecular complexity index is 1430. The Morgan fingerprint density at radius 2 is 1.97 bits per heavy atom. The number of ether oxygens (including phenoxy) is 1. The quantitative estimate of drug-likeness (QED) is 0.325. The molecule has 2 aromatic carbocycles. The summed E-state index contributed by atoms with van der Waals surface area (Å²) < 4.78 is 6.01. The lowest BCUT2D eigenvalue weighted by atomic mass is 9.95. The third-order valence-electron chi connectivity index (χ3n) is 6.46. The summed E-state index contributed by atoms with van der Waals surface area (Å²) in [5, 5.41) is 18.8. The highest BCUT2D eigenvalue weighted by Gasteiger charge is 2.45. The van der Waals surface area contributed by atoms with E-state index in [1.165, 1.54) is 28.4 Å². The number of carbonyl (C=O) groups is 2. The Morgan fingerprint density at radius 3 is 2.62 bits per heavy atom. The first-order valence-corrected chi connectivity index (χ1v) is 13.7. The van der Waals surface area contributed by atoms with E-state index in [4.69, 9.17) is 21.3 Å². The number of halogens is 1. The molecule has 0 bridgehead atoms. The minimum absolute atomic E-state index is 0.0831. The Labute approximate surface area is 234 Å². The molecule has 3 amide bonds. The number of nitro benzene ring substituents is 1. The van der Waals surface area contributed by atoms with Crippen LogP contribution in [-0.4, -0.2) is 58.2 Å². The van der Waals surface area contributed by atoms with Crippen LogP contribution < -0.4 is 10.1 Å². The number of piperazine rings is 1. The van der Waals surface area contributed by atoms with Gasteiger partial charge in [-0.25, -0.2) is 4.79 Å². The van der Waals surface area contributed by atoms with Gasteiger partial charge in [0.1, 0.15) is 24.2 Å². The molecule has 0 saturated carbocycles. The van der Waals surface area contributed by atoms with E-state index < -0.39 is 17.0 Å². The number of amides is 3. The molecule has 0 unspecified atom stereocenters. The molecule has 3 heterocycles. The summed E-state index contributed by atoms with van der Waals surface area (Å²) >= 11 is 7.67. The second-order valence-corrected chi connectivity index (χ2v) is 10.7. The van der Waals surface area contributed by atoms with Crippen molar-refractivity contribution in [3.8, 4) is 5.75 Å². The molecule has 1 aromatic heterocycles. The van der Waals surface area contributed by atoms with Gasteiger partial charge in [-0.15, -0.1) is 0 Å². The van der Waals surface area contributed by atoms with Crippen LogP contribution in [0.15, 0.2) is 64.3 Å². The molecule has 5 rings (SSSR count). The van der Waals surface area contributed by atoms with Crippen LogP contribution in [0.4, 0.5) is 10.5 Å². The summed E-state index contributed by atoms with van der Waals surface area (Å²) in [7, 11) is 0. The molecule has 1 N–H and O–H groups in total. The molecular formula is C27H26ClN5O5S. The van der Waals surface area contributed by atoms with Crippen LogP contribution in [0, 0.1) is 10.1 Å². The number of rotatable bonds is 6. The molecule has 0 aliphatic carbocycles. The smallest absolute Gasteiger partial charge is 0.326 e. The highest BCUT2D eigenvalue weighted by molar-refractivity contribution is 7.08. The van der Waals surface area contributed by atoms with Crippen LogP contribution in [-0.2, 0) is 4.79 Å². The molecule has 2 aliphatic rings. The van der Waals surface area contributed by atoms with E-state index in [2.05, 4.69) is 5.32 Å². The SMILES string of the molecule is CC(C)Oc1cc([N+](=O)[O-])ccc1C1=N[C@@H](c2ccc(Cl)cc2)[C@@H](c2ccsc2)N1C(=O)N1CCNC(=O)C1. The van der Waals surface area contributed by atoms with Gasteiger partial charge in [0, 0.05) is 24.2 Å². The van der Waals surface area contributed by atoms with Gasteiger partial charge in [-0.05, 0) is 60.0 Å². The minimum atomic E-state index is -0.535. The number of non-ortho nitro benzene ring substituents is 1. The van der Waals surface area contributed by atoms with Crippen molar-refractivity contribution in [2.75, 3.05) is 19.6 Å². The van der Waals surface area contributed by atoms with Crippen LogP contribution in [0.3, 0.4) is 0 Å². The van der Waals surface area contributed by atoms with E-state index in [0.29, 0.717) is 29.5 Å². The highest BCUT2D eigenvalue weighted by atomic mass is 35.5. The summed E-state index contributed by atoms with van der Waals surface area (Å²) in [4.78, 5) is 45.6. The van der Waals surface area contributed by atoms with Crippen LogP contribution >= 0.6 is 22.9 Å². The van der Waals surface area contributed by atoms with Gasteiger partial charge in [-0.2, -0.15) is 11.3 Å². The van der Waals surface area contributed by atoms with E-state index in [1.54, 1.807) is 23.1 Å². The number of urea groups is 1. The maximum Gasteiger partial charge on any atom is 0.326 e. The number of carbonyl (C=O) groups excluding carboxylic acids is 2. The molecule has 202 valence electrons. The molecule has 1 fully saturated rings. The zero-order chi connectivity index (χ0) is 27.7. The van der Waals surface area contributed by atoms with Gasteiger partial charge >= 0.3 is 6.03 Å². The van der Waals surface area contributed by atoms with Gasteiger partial charge in [0.25, 0.3) is 5.69 Å². The van der Waals surface area contributed by atoms with Gasteiger partial charge in [0.05, 0.1) is 28.7 Å². The van der Waals surface area contributed by atoms with Gasteiger partial charge < -0.3 is 15.0 Å². The average Bonchev–Trinajstić information content (AvgIpc) is 3.56. The van der Waals surface area contributed by atoms with Crippen molar-refractivity contribution >= 4 is 46.4 Å². The fraction of sp³-hybridized carbons (Fsp3) is 0.296. The Kier molecular flexibility index (Phi) is 7.53. The minimum Gasteiger partial charge on any atom is -0.490 e. The van der Waals surface area contributed by atoms with Crippen molar-refractivity contribution in [2.45, 2.75) is 32.0 Å². The number of benzene rings is 2. The fourth-order valence-electron chi connectivity index (χ4n) is 4.75. The zero-order valence-electron chi connectivity index (χ0n) is 21.2. The summed E-state index contributed by atoms with van der Waals surface area (Å²) in [6, 6.07) is 12.1. The fourth-order valence-corrected chi connectivity index (χ4v) is 5.57. The van der Waals surface area contributed by atoms with Gasteiger partial charge in [0.15, 0.2) is 0 Å². The van der Waals surface area contributed by atoms with Crippen molar-refractivity contribution in [1.82, 2.24) is 15.1 Å². The van der Waals surface area contributed by atoms with E-state index in [-0.39, 0.29) is 36.0 Å². The molecule has 1 saturated heterocycles. The normalized spacial score (nSPS) is 19.2. The molecule has 3 aromatic rings. The van der Waals surface area contributed by atoms with Crippen LogP contribution in [0.2, 0.25) is 5.02 Å². The third-order valence-corrected chi connectivity index (χ3v) is 7.41. The summed E-state index contributed by atoms with van der Waals surface area (Å²) in [5.41, 5.74) is 2.03. The van der Waals surface area contributed by atoms with Gasteiger partial charge in [-0.1, -0.05) is 23.7 Å². The second kappa shape index (κ2) is 11.0. The van der Waals surface area contributed by atoms with Crippen molar-refractivity contribution in [1.29, 1.82) is 0 Å². The van der Waals surface area contributed by atoms with E-state index in [0.717, 1.165) is 11.1 Å². The van der Waals surface area contributed by atoms with E-state index in [9.17, 15) is 19.7 Å². The van der Waals surface area contributed by atoms with Crippen LogP contribution in [0.1, 0.15) is 42.6 Å². The predicted octanol–water partition coefficient (Wildman–Crippen LogP) is 5.19. The first kappa shape index (κ1) is 26.6. The molecule has 2 aliphatic heterocycles. The number of hydrogen-bond acceptors (Lipinski definition) is 7. The first-order chi connectivity index (χ1) is 18.7. The Balaban J connectivity index is 1.70. The zero-order valence-corrected chi connectivity index (χ0v) is 22.8. The molecule has 39 heavy (non-hydrogen) atoms. The first-order valence-electron chi connectivity index (χ1n) is 12.4. The number of hydrogen-bond donors (Lipinski definition) is 1. The third kappa shape index (κ3) is 5.45. The lowest BCUT2D eigenvalue weighted by Crippen LogP contribution is -2.55. The number of thiophene rings is 1. The molecule has 10 nitrogen and oxygen atoms in total. The topological polar surface area (TPSA) is 117 Å². The molecule has 2 atom stereocenters. The average molecular weight is 568 g/mol. The van der Waals surface area contributed by atoms with E-state index >= 15 is 0 Å². The van der Waals surface area contributed by atoms with Crippen molar-refractivity contribution in [3.05, 3.63) is 91.1 Å². The molecule has 0 radical (unpaired) electrons. The number of nitrogens with one attached hydrogen (secondary N) is 1. The van der Waals surface area contributed by atoms with Gasteiger partial charge in [-0.3, -0.25) is 24.8 Å². The molecular weight excluding hydrogens is 542 g/mol. The van der Waals surface area contributed by atoms with Crippen LogP contribution in [0.25, 0.3) is 0 Å². The monoisotopic (exact) mass is 567 g/mol. The van der Waals surface area contributed by atoms with Gasteiger partial charge in [0.2, 0.25) is 5.91 Å². The lowest BCUT2D eigenvalue weighted by Gasteiger charge is -2.35. The molecule has 0 spiro atoms. The summed E-state index contributed by atoms with van der Waals surface area (Å²) in [6.07, 6.45) is -0.289. The number of aliphatic imine (C=N–C) groups is 1. The van der Waals surface area contributed by atoms with Crippen molar-refractivity contribution in [3.63, 3.8) is 0 Å². The lowest BCUT2D eigenvalue weighted by molar-refractivity contribution is -0.384. The standard InChI is InChI=1S/C27H26ClN5O5S/c1-16(2)38-22-13-20(33(36)37)7-8-21(22)26-30-24(17-3-5-19(28)6-4-17)25(18-9-12-39-15-18)32(26)27(35)31-11-10-29-23(34)14-31/h3-9,12-13,15-16,24-25H,10-11,14H2,1-2H3,(H,29,34)/t24-,25+/m0/s1. The van der Waals surface area contributed by atoms with Crippen molar-refractivity contribution in [2.24, 2.45) is 4.99 Å². The second-order valence-electron chi connectivity index (χ2n) is 9.48. The predicted molar refractivity (Wildman–Crippen MR) is 148 cm³/mol. The number of nitro groups is 1. The summed E-state index contributed by atoms with van der Waals surface area (Å²) in [5.74, 6) is 0.313. The maximum atomic E-state index is 14.2. The Hall–Kier alpha value is -3.96. The molecule has 12 heteroatoms.